The number of benzene rings is 1. The van der Waals surface area contributed by atoms with E-state index in [0.29, 0.717) is 18.0 Å². The molecule has 3 aromatic rings. The molecule has 0 bridgehead atoms. The molecule has 1 N–H and O–H groups in total. The lowest BCUT2D eigenvalue weighted by atomic mass is 10.2. The van der Waals surface area contributed by atoms with E-state index in [1.165, 1.54) is 0 Å². The third-order valence-corrected chi connectivity index (χ3v) is 2.88. The third kappa shape index (κ3) is 2.28. The largest absolute Gasteiger partial charge is 0.463 e. The zero-order valence-electron chi connectivity index (χ0n) is 10.2. The van der Waals surface area contributed by atoms with Crippen molar-refractivity contribution < 1.29 is 9.52 Å². The van der Waals surface area contributed by atoms with Gasteiger partial charge < -0.3 is 9.52 Å². The molecule has 1 aromatic carbocycles. The normalized spacial score (nSPS) is 10.8. The molecule has 0 saturated heterocycles. The molecule has 19 heavy (non-hydrogen) atoms. The summed E-state index contributed by atoms with van der Waals surface area (Å²) >= 11 is 0. The molecule has 0 fully saturated rings. The molecule has 2 aromatic heterocycles. The first kappa shape index (κ1) is 11.7. The lowest BCUT2D eigenvalue weighted by Crippen LogP contribution is -2.04. The second kappa shape index (κ2) is 5.07. The minimum absolute atomic E-state index is 0.162. The van der Waals surface area contributed by atoms with Crippen molar-refractivity contribution in [2.45, 2.75) is 13.2 Å². The number of aliphatic hydroxyl groups excluding tert-OH is 1. The van der Waals surface area contributed by atoms with Crippen LogP contribution in [0.3, 0.4) is 0 Å². The van der Waals surface area contributed by atoms with E-state index >= 15 is 0 Å². The summed E-state index contributed by atoms with van der Waals surface area (Å²) in [6.07, 6.45) is 1.59. The van der Waals surface area contributed by atoms with Crippen molar-refractivity contribution in [1.29, 1.82) is 0 Å². The van der Waals surface area contributed by atoms with E-state index in [-0.39, 0.29) is 6.61 Å². The molecule has 96 valence electrons. The van der Waals surface area contributed by atoms with Crippen LogP contribution in [0.25, 0.3) is 11.5 Å². The molecule has 0 aliphatic rings. The van der Waals surface area contributed by atoms with E-state index in [1.807, 2.05) is 36.4 Å². The average Bonchev–Trinajstić information content (AvgIpc) is 3.08. The van der Waals surface area contributed by atoms with Gasteiger partial charge in [0, 0.05) is 0 Å². The van der Waals surface area contributed by atoms with Gasteiger partial charge in [-0.2, -0.15) is 0 Å². The monoisotopic (exact) mass is 255 g/mol. The van der Waals surface area contributed by atoms with Gasteiger partial charge in [0.1, 0.15) is 11.4 Å². The van der Waals surface area contributed by atoms with Crippen LogP contribution >= 0.6 is 0 Å². The Labute approximate surface area is 110 Å². The maximum Gasteiger partial charge on any atom is 0.153 e. The Morgan fingerprint density at radius 3 is 2.63 bits per heavy atom. The minimum Gasteiger partial charge on any atom is -0.463 e. The summed E-state index contributed by atoms with van der Waals surface area (Å²) in [5.41, 5.74) is 2.35. The molecule has 2 heterocycles. The summed E-state index contributed by atoms with van der Waals surface area (Å²) in [4.78, 5) is 0. The highest BCUT2D eigenvalue weighted by Crippen LogP contribution is 2.23. The van der Waals surface area contributed by atoms with Crippen molar-refractivity contribution in [3.8, 4) is 11.5 Å². The summed E-state index contributed by atoms with van der Waals surface area (Å²) in [5, 5.41) is 17.4. The molecule has 0 atom stereocenters. The van der Waals surface area contributed by atoms with Crippen LogP contribution in [-0.2, 0) is 13.2 Å². The van der Waals surface area contributed by atoms with Gasteiger partial charge in [-0.05, 0) is 17.7 Å². The Kier molecular flexibility index (Phi) is 3.12. The van der Waals surface area contributed by atoms with Gasteiger partial charge in [0.05, 0.1) is 19.4 Å². The van der Waals surface area contributed by atoms with Crippen LogP contribution in [0.5, 0.6) is 0 Å². The van der Waals surface area contributed by atoms with E-state index in [4.69, 9.17) is 4.42 Å². The molecular formula is C14H13N3O2. The maximum atomic E-state index is 9.34. The third-order valence-electron chi connectivity index (χ3n) is 2.88. The summed E-state index contributed by atoms with van der Waals surface area (Å²) < 4.78 is 7.12. The van der Waals surface area contributed by atoms with Crippen LogP contribution in [0.4, 0.5) is 0 Å². The van der Waals surface area contributed by atoms with Gasteiger partial charge in [0.15, 0.2) is 5.76 Å². The molecule has 5 nitrogen and oxygen atoms in total. The van der Waals surface area contributed by atoms with Crippen LogP contribution in [0, 0.1) is 0 Å². The summed E-state index contributed by atoms with van der Waals surface area (Å²) in [6.45, 7) is 0.425. The molecule has 0 amide bonds. The standard InChI is InChI=1S/C14H13N3O2/c18-10-12-14(13-7-4-8-19-13)17(16-15-12)9-11-5-2-1-3-6-11/h1-8,18H,9-10H2. The number of aliphatic hydroxyl groups is 1. The lowest BCUT2D eigenvalue weighted by Gasteiger charge is -2.05. The second-order valence-electron chi connectivity index (χ2n) is 4.16. The summed E-state index contributed by atoms with van der Waals surface area (Å²) in [6, 6.07) is 13.6. The number of rotatable bonds is 4. The number of hydrogen-bond donors (Lipinski definition) is 1. The van der Waals surface area contributed by atoms with Crippen LogP contribution in [-0.4, -0.2) is 20.1 Å². The van der Waals surface area contributed by atoms with Crippen molar-refractivity contribution in [1.82, 2.24) is 15.0 Å². The van der Waals surface area contributed by atoms with Gasteiger partial charge in [-0.3, -0.25) is 0 Å². The van der Waals surface area contributed by atoms with Gasteiger partial charge in [0.25, 0.3) is 0 Å². The lowest BCUT2D eigenvalue weighted by molar-refractivity contribution is 0.277. The first-order chi connectivity index (χ1) is 9.38. The number of nitrogens with zero attached hydrogens (tertiary/aromatic N) is 3. The molecule has 0 aliphatic carbocycles. The van der Waals surface area contributed by atoms with Crippen molar-refractivity contribution in [2.24, 2.45) is 0 Å². The van der Waals surface area contributed by atoms with E-state index < -0.39 is 0 Å². The Hall–Kier alpha value is -2.40. The van der Waals surface area contributed by atoms with Gasteiger partial charge in [-0.25, -0.2) is 4.68 Å². The fraction of sp³-hybridized carbons (Fsp3) is 0.143. The van der Waals surface area contributed by atoms with E-state index in [9.17, 15) is 5.11 Å². The number of hydrogen-bond acceptors (Lipinski definition) is 4. The molecule has 0 saturated carbocycles. The highest BCUT2D eigenvalue weighted by Gasteiger charge is 2.16. The van der Waals surface area contributed by atoms with Crippen molar-refractivity contribution >= 4 is 0 Å². The summed E-state index contributed by atoms with van der Waals surface area (Å²) in [5.74, 6) is 0.657. The Balaban J connectivity index is 2.00. The van der Waals surface area contributed by atoms with Crippen LogP contribution in [0.15, 0.2) is 53.1 Å². The fourth-order valence-electron chi connectivity index (χ4n) is 2.01. The molecule has 0 aliphatic heterocycles. The zero-order chi connectivity index (χ0) is 13.1. The van der Waals surface area contributed by atoms with E-state index in [2.05, 4.69) is 10.3 Å². The number of aromatic nitrogens is 3. The van der Waals surface area contributed by atoms with E-state index in [1.54, 1.807) is 17.0 Å². The van der Waals surface area contributed by atoms with Crippen molar-refractivity contribution in [3.05, 3.63) is 60.0 Å². The minimum atomic E-state index is -0.162. The molecule has 3 rings (SSSR count). The topological polar surface area (TPSA) is 64.1 Å². The molecule has 5 heteroatoms. The SMILES string of the molecule is OCc1nnn(Cc2ccccc2)c1-c1ccco1. The summed E-state index contributed by atoms with van der Waals surface area (Å²) in [7, 11) is 0. The van der Waals surface area contributed by atoms with E-state index in [0.717, 1.165) is 11.3 Å². The Bertz CT molecular complexity index is 645. The first-order valence-corrected chi connectivity index (χ1v) is 5.99. The molecule has 0 spiro atoms. The Morgan fingerprint density at radius 2 is 1.95 bits per heavy atom. The van der Waals surface area contributed by atoms with Crippen LogP contribution in [0.1, 0.15) is 11.3 Å². The van der Waals surface area contributed by atoms with Gasteiger partial charge >= 0.3 is 0 Å². The first-order valence-electron chi connectivity index (χ1n) is 5.99. The van der Waals surface area contributed by atoms with Gasteiger partial charge in [-0.15, -0.1) is 5.10 Å². The zero-order valence-corrected chi connectivity index (χ0v) is 10.2. The number of furan rings is 1. The molecule has 0 radical (unpaired) electrons. The highest BCUT2D eigenvalue weighted by atomic mass is 16.3. The van der Waals surface area contributed by atoms with Gasteiger partial charge in [-0.1, -0.05) is 35.5 Å². The predicted molar refractivity (Wildman–Crippen MR) is 69.2 cm³/mol. The van der Waals surface area contributed by atoms with Crippen LogP contribution < -0.4 is 0 Å². The van der Waals surface area contributed by atoms with Crippen LogP contribution in [0.2, 0.25) is 0 Å². The Morgan fingerprint density at radius 1 is 1.11 bits per heavy atom. The fourth-order valence-corrected chi connectivity index (χ4v) is 2.01. The maximum absolute atomic E-state index is 9.34. The smallest absolute Gasteiger partial charge is 0.153 e. The van der Waals surface area contributed by atoms with Crippen molar-refractivity contribution in [2.75, 3.05) is 0 Å². The predicted octanol–water partition coefficient (Wildman–Crippen LogP) is 2.08. The highest BCUT2D eigenvalue weighted by molar-refractivity contribution is 5.55. The van der Waals surface area contributed by atoms with Crippen molar-refractivity contribution in [3.63, 3.8) is 0 Å². The average molecular weight is 255 g/mol. The quantitative estimate of drug-likeness (QED) is 0.775. The second-order valence-corrected chi connectivity index (χ2v) is 4.16. The molecular weight excluding hydrogens is 242 g/mol. The van der Waals surface area contributed by atoms with Gasteiger partial charge in [0.2, 0.25) is 0 Å². The molecule has 0 unspecified atom stereocenters.